The Labute approximate surface area is 122 Å². The van der Waals surface area contributed by atoms with E-state index in [0.717, 1.165) is 6.07 Å². The number of carbonyl (C=O) groups is 1. The molecule has 0 unspecified atom stereocenters. The number of nitrogens with one attached hydrogen (secondary N) is 1. The van der Waals surface area contributed by atoms with Crippen molar-refractivity contribution >= 4 is 44.8 Å². The normalized spacial score (nSPS) is 10.3. The molecule has 0 bridgehead atoms. The molecule has 0 heterocycles. The first-order chi connectivity index (χ1) is 8.97. The number of anilines is 2. The first-order valence-electron chi connectivity index (χ1n) is 5.29. The highest BCUT2D eigenvalue weighted by atomic mass is 79.9. The molecule has 0 radical (unpaired) electrons. The summed E-state index contributed by atoms with van der Waals surface area (Å²) in [6.07, 6.45) is 0. The Bertz CT molecular complexity index is 649. The van der Waals surface area contributed by atoms with Crippen LogP contribution in [0, 0.1) is 5.82 Å². The van der Waals surface area contributed by atoms with Crippen molar-refractivity contribution < 1.29 is 9.18 Å². The highest BCUT2D eigenvalue weighted by Crippen LogP contribution is 2.25. The summed E-state index contributed by atoms with van der Waals surface area (Å²) in [4.78, 5) is 12.0. The fourth-order valence-electron chi connectivity index (χ4n) is 1.49. The predicted molar refractivity (Wildman–Crippen MR) is 77.9 cm³/mol. The van der Waals surface area contributed by atoms with E-state index < -0.39 is 11.7 Å². The third-order valence-electron chi connectivity index (χ3n) is 2.41. The second kappa shape index (κ2) is 5.59. The third-order valence-corrected chi connectivity index (χ3v) is 3.31. The number of rotatable bonds is 2. The van der Waals surface area contributed by atoms with Crippen LogP contribution in [0.15, 0.2) is 40.9 Å². The summed E-state index contributed by atoms with van der Waals surface area (Å²) in [6, 6.07) is 8.71. The van der Waals surface area contributed by atoms with Crippen molar-refractivity contribution in [2.24, 2.45) is 0 Å². The minimum atomic E-state index is -0.631. The second-order valence-electron chi connectivity index (χ2n) is 3.82. The summed E-state index contributed by atoms with van der Waals surface area (Å²) >= 11 is 9.01. The first-order valence-corrected chi connectivity index (χ1v) is 6.46. The zero-order valence-corrected chi connectivity index (χ0v) is 11.9. The molecule has 0 aromatic heterocycles. The predicted octanol–water partition coefficient (Wildman–Crippen LogP) is 4.08. The van der Waals surface area contributed by atoms with Gasteiger partial charge in [-0.2, -0.15) is 0 Å². The average Bonchev–Trinajstić information content (AvgIpc) is 2.35. The molecule has 0 fully saturated rings. The van der Waals surface area contributed by atoms with Crippen LogP contribution < -0.4 is 11.1 Å². The van der Waals surface area contributed by atoms with Gasteiger partial charge in [0, 0.05) is 15.2 Å². The molecule has 3 N–H and O–H groups in total. The van der Waals surface area contributed by atoms with E-state index in [0.29, 0.717) is 20.9 Å². The molecule has 6 heteroatoms. The highest BCUT2D eigenvalue weighted by molar-refractivity contribution is 9.10. The minimum Gasteiger partial charge on any atom is -0.399 e. The summed E-state index contributed by atoms with van der Waals surface area (Å²) in [5, 5.41) is 2.88. The second-order valence-corrected chi connectivity index (χ2v) is 5.11. The van der Waals surface area contributed by atoms with E-state index in [1.807, 2.05) is 0 Å². The first kappa shape index (κ1) is 13.8. The maximum Gasteiger partial charge on any atom is 0.258 e. The van der Waals surface area contributed by atoms with E-state index in [9.17, 15) is 9.18 Å². The zero-order chi connectivity index (χ0) is 14.0. The average molecular weight is 344 g/mol. The van der Waals surface area contributed by atoms with Crippen LogP contribution in [0.3, 0.4) is 0 Å². The van der Waals surface area contributed by atoms with Gasteiger partial charge < -0.3 is 11.1 Å². The van der Waals surface area contributed by atoms with Crippen molar-refractivity contribution in [1.82, 2.24) is 0 Å². The van der Waals surface area contributed by atoms with Gasteiger partial charge in [-0.15, -0.1) is 0 Å². The van der Waals surface area contributed by atoms with Crippen LogP contribution in [0.5, 0.6) is 0 Å². The quantitative estimate of drug-likeness (QED) is 0.807. The molecular formula is C13H9BrClFN2O. The van der Waals surface area contributed by atoms with Crippen LogP contribution in [-0.2, 0) is 0 Å². The molecule has 0 saturated heterocycles. The number of hydrogen-bond donors (Lipinski definition) is 2. The number of benzene rings is 2. The fourth-order valence-corrected chi connectivity index (χ4v) is 2.16. The Kier molecular flexibility index (Phi) is 4.07. The lowest BCUT2D eigenvalue weighted by molar-refractivity contribution is 0.102. The van der Waals surface area contributed by atoms with Gasteiger partial charge >= 0.3 is 0 Å². The number of halogens is 3. The summed E-state index contributed by atoms with van der Waals surface area (Å²) in [5.74, 6) is -1.21. The standard InChI is InChI=1S/C13H9BrClFN2O/c14-10-6-8(17)2-4-12(10)18-13(19)9-5-7(15)1-3-11(9)16/h1-6H,17H2,(H,18,19). The van der Waals surface area contributed by atoms with Crippen molar-refractivity contribution in [2.45, 2.75) is 0 Å². The van der Waals surface area contributed by atoms with Crippen LogP contribution in [0.1, 0.15) is 10.4 Å². The molecule has 0 aliphatic heterocycles. The van der Waals surface area contributed by atoms with Gasteiger partial charge in [-0.05, 0) is 52.3 Å². The Morgan fingerprint density at radius 1 is 1.26 bits per heavy atom. The summed E-state index contributed by atoms with van der Waals surface area (Å²) in [6.45, 7) is 0. The lowest BCUT2D eigenvalue weighted by Crippen LogP contribution is -2.14. The van der Waals surface area contributed by atoms with Gasteiger partial charge in [0.15, 0.2) is 0 Å². The Morgan fingerprint density at radius 3 is 2.68 bits per heavy atom. The summed E-state index contributed by atoms with van der Waals surface area (Å²) in [5.41, 5.74) is 6.53. The monoisotopic (exact) mass is 342 g/mol. The topological polar surface area (TPSA) is 55.1 Å². The van der Waals surface area contributed by atoms with Gasteiger partial charge in [-0.25, -0.2) is 4.39 Å². The van der Waals surface area contributed by atoms with E-state index in [1.54, 1.807) is 18.2 Å². The van der Waals surface area contributed by atoms with Crippen LogP contribution in [0.2, 0.25) is 5.02 Å². The Morgan fingerprint density at radius 2 is 2.00 bits per heavy atom. The largest absolute Gasteiger partial charge is 0.399 e. The lowest BCUT2D eigenvalue weighted by atomic mass is 10.2. The van der Waals surface area contributed by atoms with Crippen LogP contribution >= 0.6 is 27.5 Å². The lowest BCUT2D eigenvalue weighted by Gasteiger charge is -2.09. The number of carbonyl (C=O) groups excluding carboxylic acids is 1. The van der Waals surface area contributed by atoms with Gasteiger partial charge in [0.05, 0.1) is 11.3 Å². The van der Waals surface area contributed by atoms with Crippen LogP contribution in [0.25, 0.3) is 0 Å². The highest BCUT2D eigenvalue weighted by Gasteiger charge is 2.13. The maximum atomic E-state index is 13.5. The van der Waals surface area contributed by atoms with Gasteiger partial charge in [0.1, 0.15) is 5.82 Å². The molecule has 2 aromatic carbocycles. The molecular weight excluding hydrogens is 335 g/mol. The fraction of sp³-hybridized carbons (Fsp3) is 0. The van der Waals surface area contributed by atoms with Crippen LogP contribution in [-0.4, -0.2) is 5.91 Å². The molecule has 1 amide bonds. The SMILES string of the molecule is Nc1ccc(NC(=O)c2cc(Cl)ccc2F)c(Br)c1. The van der Waals surface area contributed by atoms with Crippen molar-refractivity contribution in [3.63, 3.8) is 0 Å². The molecule has 19 heavy (non-hydrogen) atoms. The smallest absolute Gasteiger partial charge is 0.258 e. The summed E-state index contributed by atoms with van der Waals surface area (Å²) in [7, 11) is 0. The van der Waals surface area contributed by atoms with Gasteiger partial charge in [0.2, 0.25) is 0 Å². The molecule has 0 saturated carbocycles. The zero-order valence-electron chi connectivity index (χ0n) is 9.58. The molecule has 0 atom stereocenters. The maximum absolute atomic E-state index is 13.5. The third kappa shape index (κ3) is 3.24. The molecule has 98 valence electrons. The van der Waals surface area contributed by atoms with Gasteiger partial charge in [-0.3, -0.25) is 4.79 Å². The Balaban J connectivity index is 2.28. The molecule has 2 rings (SSSR count). The molecule has 2 aromatic rings. The van der Waals surface area contributed by atoms with Gasteiger partial charge in [-0.1, -0.05) is 11.6 Å². The Hall–Kier alpha value is -1.59. The van der Waals surface area contributed by atoms with E-state index in [-0.39, 0.29) is 5.56 Å². The number of hydrogen-bond acceptors (Lipinski definition) is 2. The van der Waals surface area contributed by atoms with E-state index in [1.165, 1.54) is 12.1 Å². The van der Waals surface area contributed by atoms with Gasteiger partial charge in [0.25, 0.3) is 5.91 Å². The van der Waals surface area contributed by atoms with Crippen molar-refractivity contribution in [2.75, 3.05) is 11.1 Å². The van der Waals surface area contributed by atoms with Crippen molar-refractivity contribution in [3.05, 3.63) is 57.3 Å². The minimum absolute atomic E-state index is 0.115. The summed E-state index contributed by atoms with van der Waals surface area (Å²) < 4.78 is 14.2. The number of nitrogen functional groups attached to an aromatic ring is 1. The molecule has 0 aliphatic rings. The van der Waals surface area contributed by atoms with Crippen molar-refractivity contribution in [3.8, 4) is 0 Å². The van der Waals surface area contributed by atoms with E-state index >= 15 is 0 Å². The molecule has 0 spiro atoms. The van der Waals surface area contributed by atoms with Crippen molar-refractivity contribution in [1.29, 1.82) is 0 Å². The van der Waals surface area contributed by atoms with E-state index in [2.05, 4.69) is 21.2 Å². The molecule has 3 nitrogen and oxygen atoms in total. The van der Waals surface area contributed by atoms with Crippen LogP contribution in [0.4, 0.5) is 15.8 Å². The number of amides is 1. The van der Waals surface area contributed by atoms with E-state index in [4.69, 9.17) is 17.3 Å². The number of nitrogens with two attached hydrogens (primary N) is 1. The molecule has 0 aliphatic carbocycles.